The second kappa shape index (κ2) is 4.81. The molecule has 0 amide bonds. The van der Waals surface area contributed by atoms with E-state index in [4.69, 9.17) is 16.3 Å². The highest BCUT2D eigenvalue weighted by Gasteiger charge is 2.05. The number of hydrogen-bond acceptors (Lipinski definition) is 3. The molecule has 2 aromatic rings. The van der Waals surface area contributed by atoms with E-state index in [2.05, 4.69) is 4.98 Å². The van der Waals surface area contributed by atoms with Crippen LogP contribution < -0.4 is 4.74 Å². The van der Waals surface area contributed by atoms with Gasteiger partial charge in [-0.3, -0.25) is 0 Å². The molecule has 0 bridgehead atoms. The molecular formula is C11H9ClN2O2. The third-order valence-corrected chi connectivity index (χ3v) is 2.17. The number of hydrogen-bond donors (Lipinski definition) is 0. The lowest BCUT2D eigenvalue weighted by Crippen LogP contribution is -2.15. The molecule has 16 heavy (non-hydrogen) atoms. The Bertz CT molecular complexity index is 465. The van der Waals surface area contributed by atoms with E-state index in [1.807, 2.05) is 0 Å². The largest absolute Gasteiger partial charge is 0.425 e. The minimum absolute atomic E-state index is 0.141. The molecule has 0 aliphatic rings. The van der Waals surface area contributed by atoms with Gasteiger partial charge in [0.05, 0.1) is 6.33 Å². The van der Waals surface area contributed by atoms with E-state index in [1.54, 1.807) is 47.6 Å². The average Bonchev–Trinajstić information content (AvgIpc) is 2.74. The predicted molar refractivity (Wildman–Crippen MR) is 59.3 cm³/mol. The van der Waals surface area contributed by atoms with Crippen molar-refractivity contribution in [3.63, 3.8) is 0 Å². The fraction of sp³-hybridized carbons (Fsp3) is 0.0909. The highest BCUT2D eigenvalue weighted by Crippen LogP contribution is 2.15. The molecule has 1 heterocycles. The fourth-order valence-corrected chi connectivity index (χ4v) is 1.32. The quantitative estimate of drug-likeness (QED) is 0.606. The number of halogens is 1. The third kappa shape index (κ3) is 2.84. The Hall–Kier alpha value is -1.81. The number of carbonyl (C=O) groups is 1. The molecule has 0 atom stereocenters. The monoisotopic (exact) mass is 236 g/mol. The molecule has 0 unspecified atom stereocenters. The van der Waals surface area contributed by atoms with Crippen molar-refractivity contribution in [2.45, 2.75) is 6.54 Å². The van der Waals surface area contributed by atoms with E-state index in [9.17, 15) is 4.79 Å². The lowest BCUT2D eigenvalue weighted by molar-refractivity contribution is -0.135. The van der Waals surface area contributed by atoms with E-state index in [0.717, 1.165) is 0 Å². The Kier molecular flexibility index (Phi) is 3.22. The zero-order valence-corrected chi connectivity index (χ0v) is 9.09. The number of aromatic nitrogens is 2. The minimum Gasteiger partial charge on any atom is -0.425 e. The van der Waals surface area contributed by atoms with Gasteiger partial charge in [-0.1, -0.05) is 11.6 Å². The molecule has 5 heteroatoms. The molecule has 2 rings (SSSR count). The number of carbonyl (C=O) groups excluding carboxylic acids is 1. The van der Waals surface area contributed by atoms with Gasteiger partial charge < -0.3 is 9.30 Å². The zero-order valence-electron chi connectivity index (χ0n) is 8.34. The van der Waals surface area contributed by atoms with Gasteiger partial charge in [-0.25, -0.2) is 9.78 Å². The normalized spacial score (nSPS) is 10.1. The van der Waals surface area contributed by atoms with Crippen LogP contribution in [0, 0.1) is 0 Å². The number of imidazole rings is 1. The summed E-state index contributed by atoms with van der Waals surface area (Å²) in [5.41, 5.74) is 0. The van der Waals surface area contributed by atoms with E-state index in [-0.39, 0.29) is 12.5 Å². The van der Waals surface area contributed by atoms with Gasteiger partial charge in [-0.2, -0.15) is 0 Å². The summed E-state index contributed by atoms with van der Waals surface area (Å²) in [5.74, 6) is 0.134. The van der Waals surface area contributed by atoms with Crippen LogP contribution in [0.15, 0.2) is 43.0 Å². The lowest BCUT2D eigenvalue weighted by atomic mass is 10.3. The van der Waals surface area contributed by atoms with Crippen LogP contribution in [0.3, 0.4) is 0 Å². The first-order chi connectivity index (χ1) is 7.74. The van der Waals surface area contributed by atoms with Crippen LogP contribution in [0.1, 0.15) is 0 Å². The Morgan fingerprint density at radius 1 is 1.38 bits per heavy atom. The van der Waals surface area contributed by atoms with Crippen LogP contribution in [0.4, 0.5) is 0 Å². The van der Waals surface area contributed by atoms with Crippen molar-refractivity contribution in [2.75, 3.05) is 0 Å². The second-order valence-corrected chi connectivity index (χ2v) is 3.60. The summed E-state index contributed by atoms with van der Waals surface area (Å²) < 4.78 is 6.73. The number of rotatable bonds is 3. The first-order valence-electron chi connectivity index (χ1n) is 4.66. The molecule has 0 saturated carbocycles. The van der Waals surface area contributed by atoms with Crippen LogP contribution in [-0.4, -0.2) is 15.5 Å². The summed E-state index contributed by atoms with van der Waals surface area (Å²) >= 11 is 5.71. The standard InChI is InChI=1S/C11H9ClN2O2/c12-9-1-3-10(4-2-9)16-11(15)7-14-6-5-13-8-14/h1-6,8H,7H2. The van der Waals surface area contributed by atoms with E-state index < -0.39 is 0 Å². The summed E-state index contributed by atoms with van der Waals surface area (Å²) in [4.78, 5) is 15.3. The molecule has 4 nitrogen and oxygen atoms in total. The summed E-state index contributed by atoms with van der Waals surface area (Å²) in [6.45, 7) is 0.141. The van der Waals surface area contributed by atoms with Crippen molar-refractivity contribution in [2.24, 2.45) is 0 Å². The lowest BCUT2D eigenvalue weighted by Gasteiger charge is -2.04. The minimum atomic E-state index is -0.347. The number of ether oxygens (including phenoxy) is 1. The van der Waals surface area contributed by atoms with Crippen LogP contribution in [-0.2, 0) is 11.3 Å². The van der Waals surface area contributed by atoms with Crippen molar-refractivity contribution < 1.29 is 9.53 Å². The van der Waals surface area contributed by atoms with Crippen molar-refractivity contribution in [3.05, 3.63) is 48.0 Å². The Labute approximate surface area is 97.4 Å². The third-order valence-electron chi connectivity index (χ3n) is 1.92. The maximum atomic E-state index is 11.5. The maximum Gasteiger partial charge on any atom is 0.331 e. The second-order valence-electron chi connectivity index (χ2n) is 3.16. The molecular weight excluding hydrogens is 228 g/mol. The van der Waals surface area contributed by atoms with E-state index in [1.165, 1.54) is 0 Å². The van der Waals surface area contributed by atoms with Crippen LogP contribution in [0.25, 0.3) is 0 Å². The van der Waals surface area contributed by atoms with Crippen molar-refractivity contribution in [3.8, 4) is 5.75 Å². The first-order valence-corrected chi connectivity index (χ1v) is 5.04. The van der Waals surface area contributed by atoms with Crippen LogP contribution in [0.5, 0.6) is 5.75 Å². The average molecular weight is 237 g/mol. The van der Waals surface area contributed by atoms with Gasteiger partial charge in [-0.15, -0.1) is 0 Å². The van der Waals surface area contributed by atoms with Gasteiger partial charge in [0, 0.05) is 17.4 Å². The maximum absolute atomic E-state index is 11.5. The van der Waals surface area contributed by atoms with Crippen molar-refractivity contribution in [1.82, 2.24) is 9.55 Å². The predicted octanol–water partition coefficient (Wildman–Crippen LogP) is 2.14. The molecule has 82 valence electrons. The summed E-state index contributed by atoms with van der Waals surface area (Å²) in [7, 11) is 0. The van der Waals surface area contributed by atoms with Gasteiger partial charge >= 0.3 is 5.97 Å². The SMILES string of the molecule is O=C(Cn1ccnc1)Oc1ccc(Cl)cc1. The van der Waals surface area contributed by atoms with E-state index >= 15 is 0 Å². The number of nitrogens with zero attached hydrogens (tertiary/aromatic N) is 2. The summed E-state index contributed by atoms with van der Waals surface area (Å²) in [5, 5.41) is 0.606. The molecule has 1 aromatic carbocycles. The Balaban J connectivity index is 1.95. The van der Waals surface area contributed by atoms with Crippen molar-refractivity contribution >= 4 is 17.6 Å². The van der Waals surface area contributed by atoms with Gasteiger partial charge in [0.1, 0.15) is 12.3 Å². The fourth-order valence-electron chi connectivity index (χ4n) is 1.20. The number of benzene rings is 1. The topological polar surface area (TPSA) is 44.1 Å². The number of esters is 1. The molecule has 0 radical (unpaired) electrons. The van der Waals surface area contributed by atoms with Gasteiger partial charge in [-0.05, 0) is 24.3 Å². The zero-order chi connectivity index (χ0) is 11.4. The summed E-state index contributed by atoms with van der Waals surface area (Å²) in [6.07, 6.45) is 4.86. The first kappa shape index (κ1) is 10.7. The molecule has 1 aromatic heterocycles. The van der Waals surface area contributed by atoms with Crippen molar-refractivity contribution in [1.29, 1.82) is 0 Å². The summed E-state index contributed by atoms with van der Waals surface area (Å²) in [6, 6.07) is 6.63. The molecule has 0 fully saturated rings. The van der Waals surface area contributed by atoms with E-state index in [0.29, 0.717) is 10.8 Å². The van der Waals surface area contributed by atoms with Gasteiger partial charge in [0.15, 0.2) is 0 Å². The molecule has 0 saturated heterocycles. The molecule has 0 aliphatic heterocycles. The molecule has 0 N–H and O–H groups in total. The Morgan fingerprint density at radius 2 is 2.12 bits per heavy atom. The highest BCUT2D eigenvalue weighted by atomic mass is 35.5. The van der Waals surface area contributed by atoms with Crippen LogP contribution >= 0.6 is 11.6 Å². The van der Waals surface area contributed by atoms with Gasteiger partial charge in [0.25, 0.3) is 0 Å². The molecule has 0 spiro atoms. The smallest absolute Gasteiger partial charge is 0.331 e. The van der Waals surface area contributed by atoms with Gasteiger partial charge in [0.2, 0.25) is 0 Å². The van der Waals surface area contributed by atoms with Crippen LogP contribution in [0.2, 0.25) is 5.02 Å². The molecule has 0 aliphatic carbocycles. The Morgan fingerprint density at radius 3 is 2.75 bits per heavy atom. The highest BCUT2D eigenvalue weighted by molar-refractivity contribution is 6.30.